The lowest BCUT2D eigenvalue weighted by atomic mass is 10.3. The minimum atomic E-state index is 0.665. The monoisotopic (exact) mass is 152 g/mol. The first-order chi connectivity index (χ1) is 5.38. The minimum absolute atomic E-state index is 0.665. The Balaban J connectivity index is 2.61. The summed E-state index contributed by atoms with van der Waals surface area (Å²) in [6.07, 6.45) is 4.68. The maximum Gasteiger partial charge on any atom is 0.168 e. The number of unbranched alkanes of at least 4 members (excludes halogenated alkanes) is 1. The van der Waals surface area contributed by atoms with Crippen LogP contribution in [0.1, 0.15) is 30.3 Å². The van der Waals surface area contributed by atoms with Crippen LogP contribution in [0, 0.1) is 0 Å². The van der Waals surface area contributed by atoms with Gasteiger partial charge in [0.1, 0.15) is 5.69 Å². The predicted molar refractivity (Wildman–Crippen MR) is 42.5 cm³/mol. The van der Waals surface area contributed by atoms with E-state index in [-0.39, 0.29) is 0 Å². The molecule has 0 fully saturated rings. The average molecular weight is 152 g/mol. The van der Waals surface area contributed by atoms with Crippen LogP contribution >= 0.6 is 0 Å². The Morgan fingerprint density at radius 2 is 2.55 bits per heavy atom. The molecule has 60 valence electrons. The smallest absolute Gasteiger partial charge is 0.168 e. The highest BCUT2D eigenvalue weighted by Gasteiger charge is 1.97. The van der Waals surface area contributed by atoms with Crippen LogP contribution in [0.5, 0.6) is 0 Å². The van der Waals surface area contributed by atoms with Crippen LogP contribution in [0.15, 0.2) is 12.3 Å². The van der Waals surface area contributed by atoms with Crippen molar-refractivity contribution in [1.29, 1.82) is 0 Å². The van der Waals surface area contributed by atoms with Gasteiger partial charge in [-0.05, 0) is 12.5 Å². The molecule has 0 aliphatic heterocycles. The Morgan fingerprint density at radius 1 is 1.73 bits per heavy atom. The summed E-state index contributed by atoms with van der Waals surface area (Å²) in [5.41, 5.74) is 0.665. The van der Waals surface area contributed by atoms with Crippen LogP contribution in [-0.4, -0.2) is 16.1 Å². The van der Waals surface area contributed by atoms with E-state index in [0.717, 1.165) is 25.7 Å². The van der Waals surface area contributed by atoms with E-state index in [2.05, 4.69) is 12.0 Å². The van der Waals surface area contributed by atoms with E-state index in [1.807, 2.05) is 0 Å². The van der Waals surface area contributed by atoms with Crippen molar-refractivity contribution in [1.82, 2.24) is 9.78 Å². The van der Waals surface area contributed by atoms with Gasteiger partial charge < -0.3 is 0 Å². The molecule has 1 aromatic rings. The maximum atomic E-state index is 10.4. The van der Waals surface area contributed by atoms with Gasteiger partial charge in [0.05, 0.1) is 0 Å². The predicted octanol–water partition coefficient (Wildman–Crippen LogP) is 1.50. The lowest BCUT2D eigenvalue weighted by molar-refractivity contribution is 0.111. The van der Waals surface area contributed by atoms with Crippen LogP contribution in [-0.2, 0) is 6.54 Å². The van der Waals surface area contributed by atoms with Crippen LogP contribution in [0.3, 0.4) is 0 Å². The van der Waals surface area contributed by atoms with E-state index in [9.17, 15) is 4.79 Å². The number of nitrogens with zero attached hydrogens (tertiary/aromatic N) is 2. The molecule has 0 amide bonds. The summed E-state index contributed by atoms with van der Waals surface area (Å²) in [6, 6.07) is 1.72. The molecule has 1 heterocycles. The molecule has 0 spiro atoms. The van der Waals surface area contributed by atoms with Gasteiger partial charge in [0, 0.05) is 12.7 Å². The average Bonchev–Trinajstić information content (AvgIpc) is 2.47. The minimum Gasteiger partial charge on any atom is -0.296 e. The topological polar surface area (TPSA) is 34.9 Å². The lowest BCUT2D eigenvalue weighted by Crippen LogP contribution is -2.03. The number of carbonyl (C=O) groups is 1. The van der Waals surface area contributed by atoms with Crippen molar-refractivity contribution < 1.29 is 4.79 Å². The fourth-order valence-electron chi connectivity index (χ4n) is 0.938. The van der Waals surface area contributed by atoms with E-state index in [1.165, 1.54) is 0 Å². The Kier molecular flexibility index (Phi) is 2.83. The second-order valence-corrected chi connectivity index (χ2v) is 2.45. The van der Waals surface area contributed by atoms with Gasteiger partial charge in [-0.3, -0.25) is 9.48 Å². The van der Waals surface area contributed by atoms with Gasteiger partial charge >= 0.3 is 0 Å². The first-order valence-electron chi connectivity index (χ1n) is 3.85. The molecule has 1 rings (SSSR count). The van der Waals surface area contributed by atoms with Gasteiger partial charge in [-0.15, -0.1) is 0 Å². The van der Waals surface area contributed by atoms with Crippen molar-refractivity contribution in [2.24, 2.45) is 0 Å². The van der Waals surface area contributed by atoms with E-state index >= 15 is 0 Å². The highest BCUT2D eigenvalue weighted by Crippen LogP contribution is 1.97. The van der Waals surface area contributed by atoms with Crippen LogP contribution in [0.2, 0.25) is 0 Å². The number of aldehydes is 1. The number of hydrogen-bond acceptors (Lipinski definition) is 2. The van der Waals surface area contributed by atoms with E-state index < -0.39 is 0 Å². The zero-order chi connectivity index (χ0) is 8.10. The van der Waals surface area contributed by atoms with Gasteiger partial charge in [-0.2, -0.15) is 5.10 Å². The molecule has 0 aliphatic rings. The molecule has 0 N–H and O–H groups in total. The Hall–Kier alpha value is -1.12. The van der Waals surface area contributed by atoms with Crippen LogP contribution in [0.25, 0.3) is 0 Å². The van der Waals surface area contributed by atoms with E-state index in [4.69, 9.17) is 0 Å². The summed E-state index contributed by atoms with van der Waals surface area (Å²) in [4.78, 5) is 10.4. The molecule has 0 radical (unpaired) electrons. The molecule has 0 aliphatic carbocycles. The van der Waals surface area contributed by atoms with Gasteiger partial charge in [0.2, 0.25) is 0 Å². The quantitative estimate of drug-likeness (QED) is 0.613. The van der Waals surface area contributed by atoms with Gasteiger partial charge in [-0.1, -0.05) is 13.3 Å². The third kappa shape index (κ3) is 1.90. The second-order valence-electron chi connectivity index (χ2n) is 2.45. The molecule has 0 bridgehead atoms. The molecular formula is C8H12N2O. The summed E-state index contributed by atoms with van der Waals surface area (Å²) in [6.45, 7) is 2.96. The van der Waals surface area contributed by atoms with Crippen molar-refractivity contribution in [2.75, 3.05) is 0 Å². The normalized spacial score (nSPS) is 9.91. The largest absolute Gasteiger partial charge is 0.296 e. The third-order valence-electron chi connectivity index (χ3n) is 1.59. The fraction of sp³-hybridized carbons (Fsp3) is 0.500. The molecule has 3 heteroatoms. The zero-order valence-corrected chi connectivity index (χ0v) is 6.66. The highest BCUT2D eigenvalue weighted by atomic mass is 16.1. The number of rotatable bonds is 4. The summed E-state index contributed by atoms with van der Waals surface area (Å²) >= 11 is 0. The summed E-state index contributed by atoms with van der Waals surface area (Å²) in [5, 5.41) is 4.01. The Labute approximate surface area is 66.0 Å². The molecular weight excluding hydrogens is 140 g/mol. The van der Waals surface area contributed by atoms with Crippen molar-refractivity contribution in [3.63, 3.8) is 0 Å². The summed E-state index contributed by atoms with van der Waals surface area (Å²) in [5.74, 6) is 0. The molecule has 1 aromatic heterocycles. The highest BCUT2D eigenvalue weighted by molar-refractivity contribution is 5.71. The van der Waals surface area contributed by atoms with Crippen LogP contribution < -0.4 is 0 Å². The zero-order valence-electron chi connectivity index (χ0n) is 6.66. The number of hydrogen-bond donors (Lipinski definition) is 0. The van der Waals surface area contributed by atoms with Crippen molar-refractivity contribution >= 4 is 6.29 Å². The van der Waals surface area contributed by atoms with Crippen LogP contribution in [0.4, 0.5) is 0 Å². The number of carbonyl (C=O) groups excluding carboxylic acids is 1. The molecule has 0 atom stereocenters. The third-order valence-corrected chi connectivity index (χ3v) is 1.59. The lowest BCUT2D eigenvalue weighted by Gasteiger charge is -1.99. The molecule has 0 unspecified atom stereocenters. The van der Waals surface area contributed by atoms with Crippen molar-refractivity contribution in [2.45, 2.75) is 26.3 Å². The number of aryl methyl sites for hydroxylation is 1. The first-order valence-corrected chi connectivity index (χ1v) is 3.85. The molecule has 0 aromatic carbocycles. The Morgan fingerprint density at radius 3 is 3.18 bits per heavy atom. The van der Waals surface area contributed by atoms with Gasteiger partial charge in [-0.25, -0.2) is 0 Å². The van der Waals surface area contributed by atoms with Gasteiger partial charge in [0.25, 0.3) is 0 Å². The SMILES string of the molecule is CCCCn1nccc1C=O. The molecule has 11 heavy (non-hydrogen) atoms. The van der Waals surface area contributed by atoms with Gasteiger partial charge in [0.15, 0.2) is 6.29 Å². The van der Waals surface area contributed by atoms with Crippen molar-refractivity contribution in [3.8, 4) is 0 Å². The molecule has 0 saturated carbocycles. The fourth-order valence-corrected chi connectivity index (χ4v) is 0.938. The number of aromatic nitrogens is 2. The molecule has 0 saturated heterocycles. The van der Waals surface area contributed by atoms with E-state index in [1.54, 1.807) is 16.9 Å². The first kappa shape index (κ1) is 7.98. The second kappa shape index (κ2) is 3.91. The van der Waals surface area contributed by atoms with E-state index in [0.29, 0.717) is 5.69 Å². The summed E-state index contributed by atoms with van der Waals surface area (Å²) in [7, 11) is 0. The molecule has 3 nitrogen and oxygen atoms in total. The Bertz CT molecular complexity index is 230. The van der Waals surface area contributed by atoms with Crippen molar-refractivity contribution in [3.05, 3.63) is 18.0 Å². The summed E-state index contributed by atoms with van der Waals surface area (Å²) < 4.78 is 1.73. The maximum absolute atomic E-state index is 10.4. The standard InChI is InChI=1S/C8H12N2O/c1-2-3-6-10-8(7-11)4-5-9-10/h4-5,7H,2-3,6H2,1H3.